The lowest BCUT2D eigenvalue weighted by atomic mass is 9.80. The fourth-order valence-corrected chi connectivity index (χ4v) is 5.54. The van der Waals surface area contributed by atoms with Crippen molar-refractivity contribution in [3.05, 3.63) is 35.4 Å². The van der Waals surface area contributed by atoms with Crippen molar-refractivity contribution < 1.29 is 27.6 Å². The van der Waals surface area contributed by atoms with E-state index in [1.165, 1.54) is 12.1 Å². The van der Waals surface area contributed by atoms with Gasteiger partial charge in [0.05, 0.1) is 5.56 Å². The van der Waals surface area contributed by atoms with Crippen LogP contribution in [0.1, 0.15) is 68.4 Å². The molecule has 8 heteroatoms. The first-order valence-corrected chi connectivity index (χ1v) is 12.0. The number of alkyl halides is 3. The maximum Gasteiger partial charge on any atom is 0.416 e. The standard InChI is InChI=1S/C25H31F3N2O3/c26-25(27,28)21-7-5-18(6-8-21)20-13-17(14-23(32)19-3-1-2-4-19)15-30(16-20)24(33)29-11-9-22(31)10-12-29/h5-8,17,19-20H,1-4,9-16H2. The quantitative estimate of drug-likeness (QED) is 0.627. The fourth-order valence-electron chi connectivity index (χ4n) is 5.54. The van der Waals surface area contributed by atoms with Gasteiger partial charge in [0.25, 0.3) is 0 Å². The number of hydrogen-bond donors (Lipinski definition) is 0. The smallest absolute Gasteiger partial charge is 0.324 e. The van der Waals surface area contributed by atoms with Crippen LogP contribution >= 0.6 is 0 Å². The number of nitrogens with zero attached hydrogens (tertiary/aromatic N) is 2. The molecule has 2 heterocycles. The van der Waals surface area contributed by atoms with Crippen molar-refractivity contribution in [3.8, 4) is 0 Å². The molecule has 4 rings (SSSR count). The first-order chi connectivity index (χ1) is 15.7. The highest BCUT2D eigenvalue weighted by Gasteiger charge is 2.36. The van der Waals surface area contributed by atoms with Crippen LogP contribution in [0.15, 0.2) is 24.3 Å². The number of benzene rings is 1. The molecule has 2 atom stereocenters. The molecule has 180 valence electrons. The van der Waals surface area contributed by atoms with Gasteiger partial charge in [0, 0.05) is 57.3 Å². The first kappa shape index (κ1) is 23.8. The van der Waals surface area contributed by atoms with Gasteiger partial charge in [-0.15, -0.1) is 0 Å². The number of rotatable bonds is 4. The van der Waals surface area contributed by atoms with Gasteiger partial charge in [-0.25, -0.2) is 4.79 Å². The summed E-state index contributed by atoms with van der Waals surface area (Å²) in [6.07, 6.45) is 1.40. The Morgan fingerprint density at radius 1 is 0.939 bits per heavy atom. The van der Waals surface area contributed by atoms with Crippen molar-refractivity contribution in [1.29, 1.82) is 0 Å². The lowest BCUT2D eigenvalue weighted by molar-refractivity contribution is -0.137. The molecule has 0 bridgehead atoms. The minimum Gasteiger partial charge on any atom is -0.324 e. The summed E-state index contributed by atoms with van der Waals surface area (Å²) < 4.78 is 39.0. The number of carbonyl (C=O) groups is 3. The molecule has 1 aliphatic carbocycles. The Balaban J connectivity index is 1.50. The second-order valence-corrected chi connectivity index (χ2v) is 9.78. The third kappa shape index (κ3) is 5.76. The van der Waals surface area contributed by atoms with Crippen LogP contribution in [0.25, 0.3) is 0 Å². The number of carbonyl (C=O) groups excluding carboxylic acids is 3. The van der Waals surface area contributed by atoms with Gasteiger partial charge >= 0.3 is 12.2 Å². The molecule has 33 heavy (non-hydrogen) atoms. The van der Waals surface area contributed by atoms with E-state index in [9.17, 15) is 27.6 Å². The topological polar surface area (TPSA) is 57.7 Å². The summed E-state index contributed by atoms with van der Waals surface area (Å²) in [5.41, 5.74) is 0.0635. The van der Waals surface area contributed by atoms with E-state index in [1.54, 1.807) is 9.80 Å². The highest BCUT2D eigenvalue weighted by molar-refractivity contribution is 5.83. The average Bonchev–Trinajstić information content (AvgIpc) is 3.34. The molecule has 2 aliphatic heterocycles. The molecule has 1 saturated carbocycles. The molecular formula is C25H31F3N2O3. The molecule has 0 spiro atoms. The Labute approximate surface area is 192 Å². The predicted molar refractivity (Wildman–Crippen MR) is 117 cm³/mol. The second kappa shape index (κ2) is 9.85. The maximum absolute atomic E-state index is 13.2. The Hall–Kier alpha value is -2.38. The third-order valence-electron chi connectivity index (χ3n) is 7.41. The van der Waals surface area contributed by atoms with Crippen molar-refractivity contribution in [1.82, 2.24) is 9.80 Å². The van der Waals surface area contributed by atoms with Gasteiger partial charge in [-0.3, -0.25) is 9.59 Å². The molecule has 2 unspecified atom stereocenters. The van der Waals surface area contributed by atoms with E-state index < -0.39 is 11.7 Å². The third-order valence-corrected chi connectivity index (χ3v) is 7.41. The summed E-state index contributed by atoms with van der Waals surface area (Å²) in [6.45, 7) is 1.66. The zero-order valence-corrected chi connectivity index (χ0v) is 18.8. The lowest BCUT2D eigenvalue weighted by Gasteiger charge is -2.41. The normalized spacial score (nSPS) is 24.9. The first-order valence-electron chi connectivity index (χ1n) is 12.0. The van der Waals surface area contributed by atoms with Crippen molar-refractivity contribution in [2.45, 2.75) is 63.5 Å². The van der Waals surface area contributed by atoms with Gasteiger partial charge < -0.3 is 9.80 Å². The molecule has 3 fully saturated rings. The second-order valence-electron chi connectivity index (χ2n) is 9.78. The molecule has 1 aromatic rings. The molecule has 0 aromatic heterocycles. The minimum atomic E-state index is -4.39. The molecule has 3 aliphatic rings. The van der Waals surface area contributed by atoms with Crippen LogP contribution in [-0.4, -0.2) is 53.6 Å². The van der Waals surface area contributed by atoms with Crippen molar-refractivity contribution in [2.24, 2.45) is 11.8 Å². The van der Waals surface area contributed by atoms with Crippen LogP contribution in [-0.2, 0) is 15.8 Å². The van der Waals surface area contributed by atoms with Crippen molar-refractivity contribution in [3.63, 3.8) is 0 Å². The van der Waals surface area contributed by atoms with Crippen molar-refractivity contribution in [2.75, 3.05) is 26.2 Å². The zero-order chi connectivity index (χ0) is 23.6. The Kier molecular flexibility index (Phi) is 7.10. The molecule has 0 radical (unpaired) electrons. The summed E-state index contributed by atoms with van der Waals surface area (Å²) in [4.78, 5) is 41.1. The monoisotopic (exact) mass is 464 g/mol. The summed E-state index contributed by atoms with van der Waals surface area (Å²) in [5, 5.41) is 0. The van der Waals surface area contributed by atoms with E-state index in [0.717, 1.165) is 43.4 Å². The molecule has 2 amide bonds. The average molecular weight is 465 g/mol. The zero-order valence-electron chi connectivity index (χ0n) is 18.8. The summed E-state index contributed by atoms with van der Waals surface area (Å²) >= 11 is 0. The van der Waals surface area contributed by atoms with Crippen LogP contribution in [0.3, 0.4) is 0 Å². The number of urea groups is 1. The fraction of sp³-hybridized carbons (Fsp3) is 0.640. The number of hydrogen-bond acceptors (Lipinski definition) is 3. The van der Waals surface area contributed by atoms with E-state index in [-0.39, 0.29) is 35.4 Å². The minimum absolute atomic E-state index is 0.0190. The molecule has 1 aromatic carbocycles. The number of piperidine rings is 2. The number of likely N-dealkylation sites (tertiary alicyclic amines) is 2. The molecule has 0 N–H and O–H groups in total. The Morgan fingerprint density at radius 3 is 2.18 bits per heavy atom. The number of amides is 2. The maximum atomic E-state index is 13.2. The van der Waals surface area contributed by atoms with Crippen LogP contribution in [0.2, 0.25) is 0 Å². The van der Waals surface area contributed by atoms with Gasteiger partial charge in [0.2, 0.25) is 0 Å². The van der Waals surface area contributed by atoms with E-state index in [1.807, 2.05) is 0 Å². The molecular weight excluding hydrogens is 433 g/mol. The van der Waals surface area contributed by atoms with Gasteiger partial charge in [0.1, 0.15) is 11.6 Å². The highest BCUT2D eigenvalue weighted by atomic mass is 19.4. The van der Waals surface area contributed by atoms with Crippen LogP contribution in [0.4, 0.5) is 18.0 Å². The van der Waals surface area contributed by atoms with Crippen LogP contribution in [0.5, 0.6) is 0 Å². The SMILES string of the molecule is O=C1CCN(C(=O)N2CC(CC(=O)C3CCCC3)CC(c3ccc(C(F)(F)F)cc3)C2)CC1. The Morgan fingerprint density at radius 2 is 1.58 bits per heavy atom. The van der Waals surface area contributed by atoms with Gasteiger partial charge in [-0.1, -0.05) is 25.0 Å². The van der Waals surface area contributed by atoms with Crippen LogP contribution in [0, 0.1) is 11.8 Å². The number of halogens is 3. The summed E-state index contributed by atoms with van der Waals surface area (Å²) in [7, 11) is 0. The van der Waals surface area contributed by atoms with E-state index in [4.69, 9.17) is 0 Å². The summed E-state index contributed by atoms with van der Waals surface area (Å²) in [6, 6.07) is 5.03. The Bertz CT molecular complexity index is 868. The molecule has 2 saturated heterocycles. The summed E-state index contributed by atoms with van der Waals surface area (Å²) in [5.74, 6) is 0.364. The van der Waals surface area contributed by atoms with E-state index >= 15 is 0 Å². The van der Waals surface area contributed by atoms with E-state index in [0.29, 0.717) is 51.9 Å². The highest BCUT2D eigenvalue weighted by Crippen LogP contribution is 2.36. The number of Topliss-reactive ketones (excluding diaryl/α,β-unsaturated/α-hetero) is 2. The predicted octanol–water partition coefficient (Wildman–Crippen LogP) is 5.05. The van der Waals surface area contributed by atoms with E-state index in [2.05, 4.69) is 0 Å². The largest absolute Gasteiger partial charge is 0.416 e. The lowest BCUT2D eigenvalue weighted by Crippen LogP contribution is -2.51. The van der Waals surface area contributed by atoms with Crippen molar-refractivity contribution >= 4 is 17.6 Å². The number of ketones is 2. The molecule has 5 nitrogen and oxygen atoms in total. The van der Waals surface area contributed by atoms with Gasteiger partial charge in [-0.05, 0) is 42.9 Å². The van der Waals surface area contributed by atoms with Gasteiger partial charge in [0.15, 0.2) is 0 Å². The van der Waals surface area contributed by atoms with Crippen LogP contribution < -0.4 is 0 Å². The van der Waals surface area contributed by atoms with Gasteiger partial charge in [-0.2, -0.15) is 13.2 Å².